The molecule has 1 N–H and O–H groups in total. The maximum Gasteiger partial charge on any atom is 0.412 e. The van der Waals surface area contributed by atoms with Gasteiger partial charge in [0.15, 0.2) is 0 Å². The molecule has 10 heteroatoms. The van der Waals surface area contributed by atoms with E-state index in [2.05, 4.69) is 5.32 Å². The summed E-state index contributed by atoms with van der Waals surface area (Å²) >= 11 is 6.17. The summed E-state index contributed by atoms with van der Waals surface area (Å²) in [5, 5.41) is 3.48. The van der Waals surface area contributed by atoms with Crippen molar-refractivity contribution in [3.05, 3.63) is 100 Å². The first-order chi connectivity index (χ1) is 18.3. The lowest BCUT2D eigenvalue weighted by atomic mass is 9.82. The minimum Gasteiger partial charge on any atom is -0.438 e. The highest BCUT2D eigenvalue weighted by Crippen LogP contribution is 2.43. The number of ether oxygens (including phenoxy) is 1. The third-order valence-electron chi connectivity index (χ3n) is 7.18. The number of hydrogen-bond acceptors (Lipinski definition) is 4. The molecule has 0 aliphatic carbocycles. The summed E-state index contributed by atoms with van der Waals surface area (Å²) in [6, 6.07) is 14.7. The molecule has 38 heavy (non-hydrogen) atoms. The Balaban J connectivity index is 1.33. The number of carbonyl (C=O) groups is 3. The number of amides is 2. The van der Waals surface area contributed by atoms with Crippen molar-refractivity contribution in [3.8, 4) is 0 Å². The zero-order chi connectivity index (χ0) is 26.6. The van der Waals surface area contributed by atoms with Crippen LogP contribution in [0.15, 0.2) is 66.9 Å². The number of para-hydroxylation sites is 1. The number of hydrogen-bond donors (Lipinski definition) is 1. The molecule has 0 atom stereocenters. The van der Waals surface area contributed by atoms with Crippen molar-refractivity contribution in [1.29, 1.82) is 0 Å². The number of carbonyl (C=O) groups excluding carboxylic acids is 3. The van der Waals surface area contributed by atoms with Crippen molar-refractivity contribution in [2.45, 2.75) is 18.4 Å². The first kappa shape index (κ1) is 24.1. The third kappa shape index (κ3) is 3.90. The van der Waals surface area contributed by atoms with Crippen molar-refractivity contribution in [2.24, 2.45) is 0 Å². The molecule has 192 valence electrons. The largest absolute Gasteiger partial charge is 0.438 e. The minimum atomic E-state index is -0.883. The number of nitrogens with one attached hydrogen (secondary N) is 1. The number of fused-ring (bicyclic) bond motifs is 3. The van der Waals surface area contributed by atoms with Crippen molar-refractivity contribution in [3.63, 3.8) is 0 Å². The van der Waals surface area contributed by atoms with E-state index in [9.17, 15) is 23.2 Å². The molecular weight excluding hydrogens is 516 g/mol. The Morgan fingerprint density at radius 1 is 0.947 bits per heavy atom. The maximum absolute atomic E-state index is 14.4. The second-order valence-electron chi connectivity index (χ2n) is 9.35. The van der Waals surface area contributed by atoms with Crippen LogP contribution in [0.5, 0.6) is 0 Å². The Bertz CT molecular complexity index is 1640. The SMILES string of the molecule is O=C1Nc2ccccc2C2(CCN(C(=O)c3cn(C(=O)c4cc(F)ccc4F)c4cc(Cl)ccc34)CC2)O1. The van der Waals surface area contributed by atoms with Crippen LogP contribution in [-0.4, -0.2) is 40.5 Å². The van der Waals surface area contributed by atoms with Crippen LogP contribution in [-0.2, 0) is 10.3 Å². The van der Waals surface area contributed by atoms with Crippen molar-refractivity contribution in [2.75, 3.05) is 18.4 Å². The van der Waals surface area contributed by atoms with Gasteiger partial charge in [-0.1, -0.05) is 35.9 Å². The summed E-state index contributed by atoms with van der Waals surface area (Å²) in [6.07, 6.45) is 1.58. The Morgan fingerprint density at radius 2 is 1.71 bits per heavy atom. The fourth-order valence-electron chi connectivity index (χ4n) is 5.30. The highest BCUT2D eigenvalue weighted by molar-refractivity contribution is 6.31. The number of nitrogens with zero attached hydrogens (tertiary/aromatic N) is 2. The van der Waals surface area contributed by atoms with Crippen LogP contribution in [0.3, 0.4) is 0 Å². The van der Waals surface area contributed by atoms with Crippen LogP contribution in [0.1, 0.15) is 39.1 Å². The Morgan fingerprint density at radius 3 is 2.50 bits per heavy atom. The Kier molecular flexibility index (Phi) is 5.68. The van der Waals surface area contributed by atoms with Gasteiger partial charge in [-0.3, -0.25) is 19.5 Å². The number of likely N-dealkylation sites (tertiary alicyclic amines) is 1. The first-order valence-corrected chi connectivity index (χ1v) is 12.3. The second kappa shape index (κ2) is 8.95. The summed E-state index contributed by atoms with van der Waals surface area (Å²) in [7, 11) is 0. The summed E-state index contributed by atoms with van der Waals surface area (Å²) in [6.45, 7) is 0.598. The van der Waals surface area contributed by atoms with Gasteiger partial charge in [0, 0.05) is 48.1 Å². The standard InChI is InChI=1S/C28H20ClF2N3O4/c29-16-5-7-18-20(15-34(24(18)13-16)26(36)19-14-17(30)6-8-22(19)31)25(35)33-11-9-28(10-12-33)21-3-1-2-4-23(21)32-27(37)38-28/h1-8,13-15H,9-12H2,(H,32,37). The van der Waals surface area contributed by atoms with Gasteiger partial charge in [-0.25, -0.2) is 13.6 Å². The first-order valence-electron chi connectivity index (χ1n) is 11.9. The van der Waals surface area contributed by atoms with E-state index in [-0.39, 0.29) is 11.5 Å². The molecule has 1 aromatic heterocycles. The molecule has 0 radical (unpaired) electrons. The fraction of sp³-hybridized carbons (Fsp3) is 0.179. The quantitative estimate of drug-likeness (QED) is 0.344. The Hall–Kier alpha value is -4.24. The molecule has 0 unspecified atom stereocenters. The number of piperidine rings is 1. The highest BCUT2D eigenvalue weighted by atomic mass is 35.5. The molecule has 1 fully saturated rings. The van der Waals surface area contributed by atoms with Gasteiger partial charge in [0.1, 0.15) is 17.2 Å². The molecule has 2 aliphatic heterocycles. The van der Waals surface area contributed by atoms with E-state index >= 15 is 0 Å². The lowest BCUT2D eigenvalue weighted by Crippen LogP contribution is -2.49. The van der Waals surface area contributed by atoms with Gasteiger partial charge < -0.3 is 9.64 Å². The monoisotopic (exact) mass is 535 g/mol. The van der Waals surface area contributed by atoms with Crippen molar-refractivity contribution >= 4 is 46.1 Å². The molecule has 4 aromatic rings. The van der Waals surface area contributed by atoms with E-state index in [1.54, 1.807) is 17.0 Å². The smallest absolute Gasteiger partial charge is 0.412 e. The molecule has 0 bridgehead atoms. The number of halogens is 3. The predicted molar refractivity (Wildman–Crippen MR) is 136 cm³/mol. The molecular formula is C28H20ClF2N3O4. The van der Waals surface area contributed by atoms with Gasteiger partial charge in [-0.2, -0.15) is 0 Å². The van der Waals surface area contributed by atoms with Gasteiger partial charge in [-0.05, 0) is 36.4 Å². The number of rotatable bonds is 2. The summed E-state index contributed by atoms with van der Waals surface area (Å²) in [5.41, 5.74) is 0.756. The highest BCUT2D eigenvalue weighted by Gasteiger charge is 2.45. The zero-order valence-corrected chi connectivity index (χ0v) is 20.6. The van der Waals surface area contributed by atoms with Crippen LogP contribution >= 0.6 is 11.6 Å². The van der Waals surface area contributed by atoms with Gasteiger partial charge in [0.05, 0.1) is 22.3 Å². The van der Waals surface area contributed by atoms with Crippen LogP contribution < -0.4 is 5.32 Å². The van der Waals surface area contributed by atoms with E-state index in [0.29, 0.717) is 47.5 Å². The molecule has 6 rings (SSSR count). The summed E-state index contributed by atoms with van der Waals surface area (Å²) in [5.74, 6) is -2.81. The van der Waals surface area contributed by atoms with Crippen LogP contribution in [0.25, 0.3) is 10.9 Å². The minimum absolute atomic E-state index is 0.223. The number of aromatic nitrogens is 1. The van der Waals surface area contributed by atoms with Gasteiger partial charge in [-0.15, -0.1) is 0 Å². The van der Waals surface area contributed by atoms with E-state index < -0.39 is 34.8 Å². The van der Waals surface area contributed by atoms with E-state index in [0.717, 1.165) is 28.3 Å². The van der Waals surface area contributed by atoms with Crippen molar-refractivity contribution < 1.29 is 27.9 Å². The molecule has 1 saturated heterocycles. The molecule has 2 aliphatic rings. The lowest BCUT2D eigenvalue weighted by molar-refractivity contribution is -0.0331. The summed E-state index contributed by atoms with van der Waals surface area (Å²) in [4.78, 5) is 40.8. The van der Waals surface area contributed by atoms with E-state index in [1.807, 2.05) is 24.3 Å². The maximum atomic E-state index is 14.4. The van der Waals surface area contributed by atoms with Gasteiger partial charge in [0.2, 0.25) is 0 Å². The number of benzene rings is 3. The molecule has 3 heterocycles. The average Bonchev–Trinajstić information content (AvgIpc) is 3.28. The van der Waals surface area contributed by atoms with Gasteiger partial charge in [0.25, 0.3) is 11.8 Å². The summed E-state index contributed by atoms with van der Waals surface area (Å²) < 4.78 is 35.1. The van der Waals surface area contributed by atoms with Crippen LogP contribution in [0.2, 0.25) is 5.02 Å². The Labute approximate surface area is 220 Å². The van der Waals surface area contributed by atoms with Gasteiger partial charge >= 0.3 is 6.09 Å². The topological polar surface area (TPSA) is 80.6 Å². The van der Waals surface area contributed by atoms with E-state index in [1.165, 1.54) is 12.3 Å². The fourth-order valence-corrected chi connectivity index (χ4v) is 5.47. The number of anilines is 1. The molecule has 3 aromatic carbocycles. The van der Waals surface area contributed by atoms with Crippen molar-refractivity contribution in [1.82, 2.24) is 9.47 Å². The normalized spacial score (nSPS) is 16.2. The van der Waals surface area contributed by atoms with Crippen LogP contribution in [0.4, 0.5) is 19.3 Å². The lowest BCUT2D eigenvalue weighted by Gasteiger charge is -2.44. The van der Waals surface area contributed by atoms with Crippen LogP contribution in [0, 0.1) is 11.6 Å². The molecule has 0 saturated carbocycles. The average molecular weight is 536 g/mol. The predicted octanol–water partition coefficient (Wildman–Crippen LogP) is 5.96. The second-order valence-corrected chi connectivity index (χ2v) is 9.79. The molecule has 1 spiro atoms. The molecule has 7 nitrogen and oxygen atoms in total. The van der Waals surface area contributed by atoms with E-state index in [4.69, 9.17) is 16.3 Å². The zero-order valence-electron chi connectivity index (χ0n) is 19.8. The third-order valence-corrected chi connectivity index (χ3v) is 7.41. The molecule has 2 amide bonds.